The molecule has 1 heterocycles. The number of aromatic nitrogens is 3. The van der Waals surface area contributed by atoms with Gasteiger partial charge in [0.25, 0.3) is 0 Å². The van der Waals surface area contributed by atoms with Crippen LogP contribution in [-0.2, 0) is 7.05 Å². The van der Waals surface area contributed by atoms with Gasteiger partial charge in [0.05, 0.1) is 5.69 Å². The highest BCUT2D eigenvalue weighted by Crippen LogP contribution is 2.22. The van der Waals surface area contributed by atoms with Crippen LogP contribution in [-0.4, -0.2) is 15.0 Å². The van der Waals surface area contributed by atoms with Gasteiger partial charge in [0.15, 0.2) is 5.57 Å². The maximum Gasteiger partial charge on any atom is 0.163 e. The van der Waals surface area contributed by atoms with E-state index in [1.807, 2.05) is 0 Å². The van der Waals surface area contributed by atoms with Crippen LogP contribution in [0.2, 0.25) is 0 Å². The number of hydrogen-bond acceptors (Lipinski definition) is 6. The van der Waals surface area contributed by atoms with Crippen LogP contribution in [0.4, 0.5) is 5.69 Å². The first-order valence-corrected chi connectivity index (χ1v) is 5.21. The van der Waals surface area contributed by atoms with Gasteiger partial charge in [-0.15, -0.1) is 5.10 Å². The topological polar surface area (TPSA) is 114 Å². The zero-order valence-electron chi connectivity index (χ0n) is 9.92. The van der Waals surface area contributed by atoms with E-state index in [4.69, 9.17) is 15.8 Å². The second kappa shape index (κ2) is 4.87. The Labute approximate surface area is 108 Å². The molecule has 0 saturated heterocycles. The van der Waals surface area contributed by atoms with Crippen molar-refractivity contribution in [3.05, 3.63) is 29.5 Å². The predicted octanol–water partition coefficient (Wildman–Crippen LogP) is 1.21. The lowest BCUT2D eigenvalue weighted by atomic mass is 10.2. The van der Waals surface area contributed by atoms with Crippen molar-refractivity contribution >= 4 is 16.7 Å². The molecule has 7 nitrogen and oxygen atoms in total. The fraction of sp³-hybridized carbons (Fsp3) is 0.0833. The summed E-state index contributed by atoms with van der Waals surface area (Å²) in [6, 6.07) is 10.4. The maximum atomic E-state index is 9.00. The van der Waals surface area contributed by atoms with Crippen LogP contribution >= 0.6 is 0 Å². The molecule has 19 heavy (non-hydrogen) atoms. The molecule has 0 aliphatic carbocycles. The number of benzene rings is 1. The van der Waals surface area contributed by atoms with Crippen molar-refractivity contribution in [2.45, 2.75) is 0 Å². The average Bonchev–Trinajstić information content (AvgIpc) is 2.81. The van der Waals surface area contributed by atoms with Gasteiger partial charge in [0, 0.05) is 7.05 Å². The van der Waals surface area contributed by atoms with Crippen molar-refractivity contribution < 1.29 is 0 Å². The van der Waals surface area contributed by atoms with Crippen molar-refractivity contribution in [3.8, 4) is 18.2 Å². The fourth-order valence-electron chi connectivity index (χ4n) is 1.63. The first-order valence-electron chi connectivity index (χ1n) is 5.21. The van der Waals surface area contributed by atoms with Crippen LogP contribution in [0.25, 0.3) is 11.0 Å². The fourth-order valence-corrected chi connectivity index (χ4v) is 1.63. The lowest BCUT2D eigenvalue weighted by molar-refractivity contribution is 0.737. The molecule has 2 aromatic rings. The number of fused-ring (bicyclic) bond motifs is 1. The number of rotatable bonds is 2. The van der Waals surface area contributed by atoms with Crippen LogP contribution < -0.4 is 5.32 Å². The van der Waals surface area contributed by atoms with Gasteiger partial charge in [0.2, 0.25) is 0 Å². The van der Waals surface area contributed by atoms with E-state index in [1.165, 1.54) is 0 Å². The monoisotopic (exact) mass is 249 g/mol. The third-order valence-electron chi connectivity index (χ3n) is 2.47. The quantitative estimate of drug-likeness (QED) is 0.800. The Morgan fingerprint density at radius 3 is 2.58 bits per heavy atom. The van der Waals surface area contributed by atoms with E-state index in [-0.39, 0.29) is 11.3 Å². The third-order valence-corrected chi connectivity index (χ3v) is 2.47. The van der Waals surface area contributed by atoms with Gasteiger partial charge in [-0.3, -0.25) is 0 Å². The van der Waals surface area contributed by atoms with Gasteiger partial charge in [-0.05, 0) is 12.1 Å². The zero-order chi connectivity index (χ0) is 13.8. The van der Waals surface area contributed by atoms with E-state index < -0.39 is 0 Å². The molecule has 1 N–H and O–H groups in total. The molecule has 0 bridgehead atoms. The summed E-state index contributed by atoms with van der Waals surface area (Å²) in [5, 5.41) is 37.2. The molecule has 0 saturated carbocycles. The molecule has 0 amide bonds. The van der Waals surface area contributed by atoms with Crippen LogP contribution in [0.15, 0.2) is 29.5 Å². The molecule has 0 atom stereocenters. The molecule has 7 heteroatoms. The molecule has 0 fully saturated rings. The van der Waals surface area contributed by atoms with Crippen molar-refractivity contribution in [2.75, 3.05) is 5.32 Å². The predicted molar refractivity (Wildman–Crippen MR) is 66.0 cm³/mol. The van der Waals surface area contributed by atoms with E-state index in [0.29, 0.717) is 16.7 Å². The highest BCUT2D eigenvalue weighted by atomic mass is 15.4. The van der Waals surface area contributed by atoms with E-state index in [2.05, 4.69) is 15.6 Å². The normalized spacial score (nSPS) is 9.16. The standard InChI is InChI=1S/C12H7N7/c1-19-12-9(3-2-4-10(12)17-18-19)16-11(7-15)8(5-13)6-14/h2-4,16H,1H3. The smallest absolute Gasteiger partial charge is 0.163 e. The van der Waals surface area contributed by atoms with E-state index in [9.17, 15) is 0 Å². The molecule has 0 aliphatic rings. The largest absolute Gasteiger partial charge is 0.343 e. The van der Waals surface area contributed by atoms with Crippen molar-refractivity contribution in [3.63, 3.8) is 0 Å². The minimum absolute atomic E-state index is 0.0984. The summed E-state index contributed by atoms with van der Waals surface area (Å²) in [6.45, 7) is 0. The van der Waals surface area contributed by atoms with Gasteiger partial charge in [-0.1, -0.05) is 11.3 Å². The highest BCUT2D eigenvalue weighted by molar-refractivity contribution is 5.89. The molecule has 0 aliphatic heterocycles. The Bertz CT molecular complexity index is 776. The molecule has 1 aromatic carbocycles. The summed E-state index contributed by atoms with van der Waals surface area (Å²) >= 11 is 0. The SMILES string of the molecule is Cn1nnc2cccc(NC(C#N)=C(C#N)C#N)c21. The van der Waals surface area contributed by atoms with Crippen LogP contribution in [0.1, 0.15) is 0 Å². The summed E-state index contributed by atoms with van der Waals surface area (Å²) < 4.78 is 1.55. The van der Waals surface area contributed by atoms with Gasteiger partial charge in [-0.2, -0.15) is 15.8 Å². The molecule has 0 radical (unpaired) electrons. The average molecular weight is 249 g/mol. The Hall–Kier alpha value is -3.37. The maximum absolute atomic E-state index is 9.00. The number of nitrogens with zero attached hydrogens (tertiary/aromatic N) is 6. The summed E-state index contributed by atoms with van der Waals surface area (Å²) in [7, 11) is 1.71. The number of allylic oxidation sites excluding steroid dienone is 2. The van der Waals surface area contributed by atoms with Crippen molar-refractivity contribution in [1.29, 1.82) is 15.8 Å². The summed E-state index contributed by atoms with van der Waals surface area (Å²) in [5.74, 6) is 0. The molecule has 0 spiro atoms. The van der Waals surface area contributed by atoms with Gasteiger partial charge < -0.3 is 5.32 Å². The van der Waals surface area contributed by atoms with Crippen LogP contribution in [0, 0.1) is 34.0 Å². The van der Waals surface area contributed by atoms with Crippen molar-refractivity contribution in [2.24, 2.45) is 7.05 Å². The highest BCUT2D eigenvalue weighted by Gasteiger charge is 2.11. The number of nitriles is 3. The minimum atomic E-state index is -0.269. The Kier molecular flexibility index (Phi) is 3.10. The molecule has 0 unspecified atom stereocenters. The third kappa shape index (κ3) is 2.06. The second-order valence-electron chi connectivity index (χ2n) is 3.60. The Morgan fingerprint density at radius 2 is 1.95 bits per heavy atom. The number of para-hydroxylation sites is 1. The van der Waals surface area contributed by atoms with Gasteiger partial charge in [0.1, 0.15) is 34.9 Å². The molecule has 2 rings (SSSR count). The molecular formula is C12H7N7. The summed E-state index contributed by atoms with van der Waals surface area (Å²) in [6.07, 6.45) is 0. The first-order chi connectivity index (χ1) is 9.21. The summed E-state index contributed by atoms with van der Waals surface area (Å²) in [5.41, 5.74) is 1.53. The number of nitrogens with one attached hydrogen (secondary N) is 1. The number of anilines is 1. The zero-order valence-corrected chi connectivity index (χ0v) is 9.92. The number of hydrogen-bond donors (Lipinski definition) is 1. The van der Waals surface area contributed by atoms with Crippen LogP contribution in [0.5, 0.6) is 0 Å². The van der Waals surface area contributed by atoms with Gasteiger partial charge in [-0.25, -0.2) is 4.68 Å². The lowest BCUT2D eigenvalue weighted by Crippen LogP contribution is -2.03. The second-order valence-corrected chi connectivity index (χ2v) is 3.60. The Morgan fingerprint density at radius 1 is 1.21 bits per heavy atom. The number of aryl methyl sites for hydroxylation is 1. The molecule has 1 aromatic heterocycles. The lowest BCUT2D eigenvalue weighted by Gasteiger charge is -2.06. The van der Waals surface area contributed by atoms with Crippen molar-refractivity contribution in [1.82, 2.24) is 15.0 Å². The van der Waals surface area contributed by atoms with E-state index in [1.54, 1.807) is 48.1 Å². The van der Waals surface area contributed by atoms with E-state index in [0.717, 1.165) is 0 Å². The minimum Gasteiger partial charge on any atom is -0.343 e. The van der Waals surface area contributed by atoms with Crippen LogP contribution in [0.3, 0.4) is 0 Å². The first kappa shape index (κ1) is 12.1. The summed E-state index contributed by atoms with van der Waals surface area (Å²) in [4.78, 5) is 0. The molecular weight excluding hydrogens is 242 g/mol. The van der Waals surface area contributed by atoms with E-state index >= 15 is 0 Å². The van der Waals surface area contributed by atoms with Gasteiger partial charge >= 0.3 is 0 Å². The molecule has 90 valence electrons. The Balaban J connectivity index is 2.57.